The predicted octanol–water partition coefficient (Wildman–Crippen LogP) is 2.74. The maximum Gasteiger partial charge on any atom is 0.416 e. The second-order valence-electron chi connectivity index (χ2n) is 3.04. The van der Waals surface area contributed by atoms with Gasteiger partial charge in [0, 0.05) is 23.2 Å². The lowest BCUT2D eigenvalue weighted by molar-refractivity contribution is -0.138. The van der Waals surface area contributed by atoms with Crippen LogP contribution in [0.3, 0.4) is 0 Å². The van der Waals surface area contributed by atoms with Crippen molar-refractivity contribution < 1.29 is 13.2 Å². The van der Waals surface area contributed by atoms with Crippen molar-refractivity contribution in [1.29, 1.82) is 0 Å². The van der Waals surface area contributed by atoms with Gasteiger partial charge in [-0.25, -0.2) is 0 Å². The average Bonchev–Trinajstić information content (AvgIpc) is 2.15. The van der Waals surface area contributed by atoms with E-state index in [1.807, 2.05) is 0 Å². The van der Waals surface area contributed by atoms with Crippen molar-refractivity contribution in [1.82, 2.24) is 0 Å². The summed E-state index contributed by atoms with van der Waals surface area (Å²) in [5, 5.41) is -0.0113. The molecule has 0 unspecified atom stereocenters. The highest BCUT2D eigenvalue weighted by Crippen LogP contribution is 2.37. The fourth-order valence-corrected chi connectivity index (χ4v) is 1.59. The zero-order valence-electron chi connectivity index (χ0n) is 8.09. The van der Waals surface area contributed by atoms with Crippen LogP contribution >= 0.6 is 24.0 Å². The van der Waals surface area contributed by atoms with Crippen LogP contribution in [0.15, 0.2) is 18.2 Å². The van der Waals surface area contributed by atoms with Gasteiger partial charge in [0.15, 0.2) is 0 Å². The molecule has 0 spiro atoms. The summed E-state index contributed by atoms with van der Waals surface area (Å²) in [6.45, 7) is -0.0905. The molecule has 0 aromatic heterocycles. The highest BCUT2D eigenvalue weighted by molar-refractivity contribution is 6.31. The predicted molar refractivity (Wildman–Crippen MR) is 59.7 cm³/mol. The minimum Gasteiger partial charge on any atom is -0.329 e. The molecule has 0 heterocycles. The molecule has 0 radical (unpaired) electrons. The zero-order chi connectivity index (χ0) is 11.6. The molecule has 1 atom stereocenters. The molecule has 0 bridgehead atoms. The van der Waals surface area contributed by atoms with Gasteiger partial charge in [-0.2, -0.15) is 13.2 Å². The van der Waals surface area contributed by atoms with Crippen LogP contribution in [-0.2, 0) is 6.18 Å². The standard InChI is InChI=1S/C9H10ClF3N2.ClH/c10-6-3-1-2-5(9(11,12)13)8(6)7(15)4-14;/h1-3,7H,4,14-15H2;1H/t7-;/m1./s1. The number of hydrogen-bond acceptors (Lipinski definition) is 2. The molecule has 0 aliphatic rings. The third kappa shape index (κ3) is 3.25. The second kappa shape index (κ2) is 5.72. The van der Waals surface area contributed by atoms with Gasteiger partial charge in [0.05, 0.1) is 5.56 Å². The first-order chi connectivity index (χ1) is 6.88. The van der Waals surface area contributed by atoms with E-state index in [9.17, 15) is 13.2 Å². The Bertz CT molecular complexity index is 355. The van der Waals surface area contributed by atoms with Crippen LogP contribution < -0.4 is 11.5 Å². The first-order valence-electron chi connectivity index (χ1n) is 4.19. The van der Waals surface area contributed by atoms with Gasteiger partial charge in [-0.3, -0.25) is 0 Å². The summed E-state index contributed by atoms with van der Waals surface area (Å²) in [6, 6.07) is 2.63. The van der Waals surface area contributed by atoms with Gasteiger partial charge in [0.2, 0.25) is 0 Å². The Morgan fingerprint density at radius 1 is 1.31 bits per heavy atom. The van der Waals surface area contributed by atoms with Crippen LogP contribution in [0, 0.1) is 0 Å². The van der Waals surface area contributed by atoms with Gasteiger partial charge < -0.3 is 11.5 Å². The zero-order valence-corrected chi connectivity index (χ0v) is 9.66. The van der Waals surface area contributed by atoms with Gasteiger partial charge in [0.25, 0.3) is 0 Å². The lowest BCUT2D eigenvalue weighted by atomic mass is 10.0. The van der Waals surface area contributed by atoms with E-state index in [-0.39, 0.29) is 29.5 Å². The first kappa shape index (κ1) is 15.5. The Morgan fingerprint density at radius 2 is 1.88 bits per heavy atom. The minimum atomic E-state index is -4.47. The third-order valence-electron chi connectivity index (χ3n) is 1.98. The van der Waals surface area contributed by atoms with E-state index < -0.39 is 17.8 Å². The van der Waals surface area contributed by atoms with Crippen molar-refractivity contribution in [2.45, 2.75) is 12.2 Å². The lowest BCUT2D eigenvalue weighted by Crippen LogP contribution is -2.24. The number of rotatable bonds is 2. The molecule has 0 aliphatic heterocycles. The molecule has 16 heavy (non-hydrogen) atoms. The van der Waals surface area contributed by atoms with Gasteiger partial charge in [0.1, 0.15) is 0 Å². The van der Waals surface area contributed by atoms with Crippen LogP contribution in [-0.4, -0.2) is 6.54 Å². The Morgan fingerprint density at radius 3 is 2.31 bits per heavy atom. The number of hydrogen-bond donors (Lipinski definition) is 2. The molecule has 1 rings (SSSR count). The molecular weight excluding hydrogens is 264 g/mol. The molecule has 0 saturated carbocycles. The van der Waals surface area contributed by atoms with Crippen LogP contribution in [0.1, 0.15) is 17.2 Å². The molecule has 1 aromatic carbocycles. The topological polar surface area (TPSA) is 52.0 Å². The van der Waals surface area contributed by atoms with Crippen LogP contribution in [0.4, 0.5) is 13.2 Å². The number of benzene rings is 1. The normalized spacial score (nSPS) is 13.1. The molecule has 0 amide bonds. The SMILES string of the molecule is Cl.NC[C@@H](N)c1c(Cl)cccc1C(F)(F)F. The smallest absolute Gasteiger partial charge is 0.329 e. The Hall–Kier alpha value is -0.490. The Balaban J connectivity index is 0.00000225. The van der Waals surface area contributed by atoms with Crippen molar-refractivity contribution in [2.75, 3.05) is 6.54 Å². The number of alkyl halides is 3. The molecule has 7 heteroatoms. The number of nitrogens with two attached hydrogens (primary N) is 2. The number of halogens is 5. The Kier molecular flexibility index (Phi) is 5.55. The summed E-state index contributed by atoms with van der Waals surface area (Å²) in [4.78, 5) is 0. The van der Waals surface area contributed by atoms with Gasteiger partial charge in [-0.15, -0.1) is 12.4 Å². The Labute approximate surface area is 102 Å². The summed E-state index contributed by atoms with van der Waals surface area (Å²) in [5.74, 6) is 0. The summed E-state index contributed by atoms with van der Waals surface area (Å²) in [7, 11) is 0. The molecule has 2 nitrogen and oxygen atoms in total. The average molecular weight is 275 g/mol. The van der Waals surface area contributed by atoms with E-state index in [0.29, 0.717) is 0 Å². The van der Waals surface area contributed by atoms with E-state index in [4.69, 9.17) is 23.1 Å². The summed E-state index contributed by atoms with van der Waals surface area (Å²) in [6.07, 6.45) is -4.47. The maximum absolute atomic E-state index is 12.6. The van der Waals surface area contributed by atoms with Crippen molar-refractivity contribution >= 4 is 24.0 Å². The van der Waals surface area contributed by atoms with Crippen molar-refractivity contribution in [3.8, 4) is 0 Å². The van der Waals surface area contributed by atoms with E-state index in [1.54, 1.807) is 0 Å². The summed E-state index contributed by atoms with van der Waals surface area (Å²) < 4.78 is 37.7. The van der Waals surface area contributed by atoms with E-state index >= 15 is 0 Å². The van der Waals surface area contributed by atoms with Crippen molar-refractivity contribution in [2.24, 2.45) is 11.5 Å². The van der Waals surface area contributed by atoms with Gasteiger partial charge >= 0.3 is 6.18 Å². The van der Waals surface area contributed by atoms with Gasteiger partial charge in [-0.1, -0.05) is 17.7 Å². The molecule has 92 valence electrons. The molecule has 4 N–H and O–H groups in total. The highest BCUT2D eigenvalue weighted by Gasteiger charge is 2.35. The van der Waals surface area contributed by atoms with Crippen molar-refractivity contribution in [3.63, 3.8) is 0 Å². The monoisotopic (exact) mass is 274 g/mol. The molecule has 0 saturated heterocycles. The molecule has 0 aliphatic carbocycles. The minimum absolute atomic E-state index is 0. The van der Waals surface area contributed by atoms with Gasteiger partial charge in [-0.05, 0) is 12.1 Å². The van der Waals surface area contributed by atoms with Crippen LogP contribution in [0.2, 0.25) is 5.02 Å². The first-order valence-corrected chi connectivity index (χ1v) is 4.57. The van der Waals surface area contributed by atoms with E-state index in [0.717, 1.165) is 6.07 Å². The largest absolute Gasteiger partial charge is 0.416 e. The highest BCUT2D eigenvalue weighted by atomic mass is 35.5. The quantitative estimate of drug-likeness (QED) is 0.871. The summed E-state index contributed by atoms with van der Waals surface area (Å²) in [5.41, 5.74) is 9.75. The second-order valence-corrected chi connectivity index (χ2v) is 3.45. The third-order valence-corrected chi connectivity index (χ3v) is 2.31. The molecule has 0 fully saturated rings. The summed E-state index contributed by atoms with van der Waals surface area (Å²) >= 11 is 5.67. The van der Waals surface area contributed by atoms with E-state index in [1.165, 1.54) is 12.1 Å². The molecule has 1 aromatic rings. The van der Waals surface area contributed by atoms with E-state index in [2.05, 4.69) is 0 Å². The van der Waals surface area contributed by atoms with Crippen LogP contribution in [0.25, 0.3) is 0 Å². The van der Waals surface area contributed by atoms with Crippen molar-refractivity contribution in [3.05, 3.63) is 34.3 Å². The fraction of sp³-hybridized carbons (Fsp3) is 0.333. The molecular formula is C9H11Cl2F3N2. The fourth-order valence-electron chi connectivity index (χ4n) is 1.28. The maximum atomic E-state index is 12.6. The van der Waals surface area contributed by atoms with Crippen LogP contribution in [0.5, 0.6) is 0 Å². The lowest BCUT2D eigenvalue weighted by Gasteiger charge is -2.18.